The second-order valence-electron chi connectivity index (χ2n) is 3.27. The second kappa shape index (κ2) is 4.78. The monoisotopic (exact) mass is 285 g/mol. The van der Waals surface area contributed by atoms with Crippen molar-refractivity contribution in [3.8, 4) is 0 Å². The van der Waals surface area contributed by atoms with Crippen molar-refractivity contribution in [3.63, 3.8) is 0 Å². The number of rotatable bonds is 3. The first-order valence-corrected chi connectivity index (χ1v) is 6.35. The van der Waals surface area contributed by atoms with Crippen molar-refractivity contribution in [2.45, 2.75) is 0 Å². The lowest BCUT2D eigenvalue weighted by molar-refractivity contribution is -0.140. The predicted octanol–water partition coefficient (Wildman–Crippen LogP) is 0.846. The van der Waals surface area contributed by atoms with Gasteiger partial charge in [0.2, 0.25) is 0 Å². The van der Waals surface area contributed by atoms with Gasteiger partial charge in [0, 0.05) is 5.38 Å². The summed E-state index contributed by atoms with van der Waals surface area (Å²) in [7, 11) is 0. The Balaban J connectivity index is 2.22. The number of nitrogens with two attached hydrogens (primary N) is 1. The average Bonchev–Trinajstić information content (AvgIpc) is 2.78. The highest BCUT2D eigenvalue weighted by Crippen LogP contribution is 2.32. The number of anilines is 1. The third kappa shape index (κ3) is 2.51. The normalized spacial score (nSPS) is 17.8. The molecular weight excluding hydrogens is 278 g/mol. The van der Waals surface area contributed by atoms with Crippen LogP contribution >= 0.6 is 23.1 Å². The topological polar surface area (TPSA) is 114 Å². The van der Waals surface area contributed by atoms with E-state index in [0.29, 0.717) is 27.5 Å². The van der Waals surface area contributed by atoms with Crippen LogP contribution in [0.2, 0.25) is 0 Å². The van der Waals surface area contributed by atoms with E-state index in [4.69, 9.17) is 10.8 Å². The molecule has 0 unspecified atom stereocenters. The molecule has 0 aliphatic carbocycles. The van der Waals surface area contributed by atoms with E-state index in [1.165, 1.54) is 17.4 Å². The fourth-order valence-corrected chi connectivity index (χ4v) is 2.62. The summed E-state index contributed by atoms with van der Waals surface area (Å²) < 4.78 is 0. The van der Waals surface area contributed by atoms with E-state index in [0.717, 1.165) is 0 Å². The van der Waals surface area contributed by atoms with E-state index in [-0.39, 0.29) is 4.91 Å². The number of hydrogen-bond donors (Lipinski definition) is 2. The first-order valence-electron chi connectivity index (χ1n) is 4.65. The SMILES string of the molecule is Nc1nc(/C=C2\SC(=O)N(CC(=O)O)C2=O)cs1. The number of nitrogen functional groups attached to an aromatic ring is 1. The van der Waals surface area contributed by atoms with Gasteiger partial charge in [-0.05, 0) is 17.8 Å². The van der Waals surface area contributed by atoms with Crippen LogP contribution in [0, 0.1) is 0 Å². The largest absolute Gasteiger partial charge is 0.480 e. The summed E-state index contributed by atoms with van der Waals surface area (Å²) >= 11 is 1.90. The molecule has 0 atom stereocenters. The molecule has 1 aromatic heterocycles. The smallest absolute Gasteiger partial charge is 0.323 e. The van der Waals surface area contributed by atoms with Crippen molar-refractivity contribution in [1.82, 2.24) is 9.88 Å². The summed E-state index contributed by atoms with van der Waals surface area (Å²) in [5, 5.41) is 9.98. The van der Waals surface area contributed by atoms with Gasteiger partial charge in [-0.1, -0.05) is 0 Å². The summed E-state index contributed by atoms with van der Waals surface area (Å²) in [5.41, 5.74) is 5.91. The molecule has 18 heavy (non-hydrogen) atoms. The Morgan fingerprint density at radius 1 is 1.56 bits per heavy atom. The van der Waals surface area contributed by atoms with Crippen LogP contribution in [0.25, 0.3) is 6.08 Å². The van der Waals surface area contributed by atoms with E-state index < -0.39 is 23.7 Å². The Morgan fingerprint density at radius 3 is 2.83 bits per heavy atom. The maximum absolute atomic E-state index is 11.8. The fourth-order valence-electron chi connectivity index (χ4n) is 1.27. The highest BCUT2D eigenvalue weighted by Gasteiger charge is 2.36. The lowest BCUT2D eigenvalue weighted by atomic mass is 10.3. The van der Waals surface area contributed by atoms with Crippen LogP contribution in [-0.2, 0) is 9.59 Å². The Hall–Kier alpha value is -1.87. The number of amides is 2. The van der Waals surface area contributed by atoms with Gasteiger partial charge in [-0.3, -0.25) is 19.3 Å². The van der Waals surface area contributed by atoms with Gasteiger partial charge in [0.05, 0.1) is 10.6 Å². The predicted molar refractivity (Wildman–Crippen MR) is 66.8 cm³/mol. The number of aliphatic carboxylic acids is 1. The first-order chi connectivity index (χ1) is 8.47. The zero-order valence-corrected chi connectivity index (χ0v) is 10.5. The first kappa shape index (κ1) is 12.6. The van der Waals surface area contributed by atoms with Crippen LogP contribution in [0.1, 0.15) is 5.69 Å². The molecule has 1 aliphatic rings. The number of hydrogen-bond acceptors (Lipinski definition) is 7. The number of thiazole rings is 1. The molecule has 1 saturated heterocycles. The van der Waals surface area contributed by atoms with E-state index >= 15 is 0 Å². The molecule has 2 rings (SSSR count). The number of carboxylic acids is 1. The Morgan fingerprint density at radius 2 is 2.28 bits per heavy atom. The van der Waals surface area contributed by atoms with Crippen molar-refractivity contribution in [2.75, 3.05) is 12.3 Å². The lowest BCUT2D eigenvalue weighted by Gasteiger charge is -2.07. The van der Waals surface area contributed by atoms with Crippen LogP contribution in [0.4, 0.5) is 9.93 Å². The van der Waals surface area contributed by atoms with E-state index in [9.17, 15) is 14.4 Å². The highest BCUT2D eigenvalue weighted by atomic mass is 32.2. The maximum atomic E-state index is 11.8. The van der Waals surface area contributed by atoms with Crippen LogP contribution < -0.4 is 5.73 Å². The van der Waals surface area contributed by atoms with E-state index in [2.05, 4.69) is 4.98 Å². The Labute approximate surface area is 109 Å². The molecule has 1 aromatic rings. The molecule has 3 N–H and O–H groups in total. The highest BCUT2D eigenvalue weighted by molar-refractivity contribution is 8.18. The number of carboxylic acid groups (broad SMARTS) is 1. The van der Waals surface area contributed by atoms with Gasteiger partial charge < -0.3 is 10.8 Å². The van der Waals surface area contributed by atoms with Crippen LogP contribution in [0.5, 0.6) is 0 Å². The summed E-state index contributed by atoms with van der Waals surface area (Å²) in [6, 6.07) is 0. The molecule has 94 valence electrons. The number of carbonyl (C=O) groups is 3. The number of carbonyl (C=O) groups excluding carboxylic acids is 2. The zero-order valence-electron chi connectivity index (χ0n) is 8.82. The molecule has 9 heteroatoms. The van der Waals surface area contributed by atoms with Gasteiger partial charge >= 0.3 is 5.97 Å². The van der Waals surface area contributed by atoms with Gasteiger partial charge in [0.15, 0.2) is 5.13 Å². The molecule has 0 radical (unpaired) electrons. The summed E-state index contributed by atoms with van der Waals surface area (Å²) in [6.45, 7) is -0.638. The molecule has 0 spiro atoms. The Kier molecular flexibility index (Phi) is 3.34. The Bertz CT molecular complexity index is 566. The zero-order chi connectivity index (χ0) is 13.3. The third-order valence-electron chi connectivity index (χ3n) is 1.99. The van der Waals surface area contributed by atoms with E-state index in [1.807, 2.05) is 0 Å². The molecule has 1 aliphatic heterocycles. The molecule has 2 heterocycles. The van der Waals surface area contributed by atoms with Gasteiger partial charge in [-0.25, -0.2) is 4.98 Å². The molecule has 2 amide bonds. The van der Waals surface area contributed by atoms with Gasteiger partial charge in [-0.2, -0.15) is 0 Å². The molecule has 7 nitrogen and oxygen atoms in total. The minimum Gasteiger partial charge on any atom is -0.480 e. The minimum absolute atomic E-state index is 0.145. The summed E-state index contributed by atoms with van der Waals surface area (Å²) in [6.07, 6.45) is 1.42. The molecule has 0 saturated carbocycles. The second-order valence-corrected chi connectivity index (χ2v) is 5.16. The van der Waals surface area contributed by atoms with E-state index in [1.54, 1.807) is 5.38 Å². The number of imide groups is 1. The van der Waals surface area contributed by atoms with Gasteiger partial charge in [0.25, 0.3) is 11.1 Å². The van der Waals surface area contributed by atoms with Crippen molar-refractivity contribution < 1.29 is 19.5 Å². The number of nitrogens with zero attached hydrogens (tertiary/aromatic N) is 2. The average molecular weight is 285 g/mol. The van der Waals surface area contributed by atoms with Crippen molar-refractivity contribution in [2.24, 2.45) is 0 Å². The van der Waals surface area contributed by atoms with Crippen LogP contribution in [0.3, 0.4) is 0 Å². The molecular formula is C9H7N3O4S2. The van der Waals surface area contributed by atoms with Crippen molar-refractivity contribution in [1.29, 1.82) is 0 Å². The van der Waals surface area contributed by atoms with Gasteiger partial charge in [0.1, 0.15) is 6.54 Å². The number of thioether (sulfide) groups is 1. The molecule has 1 fully saturated rings. The molecule has 0 bridgehead atoms. The van der Waals surface area contributed by atoms with Crippen LogP contribution in [-0.4, -0.2) is 38.7 Å². The third-order valence-corrected chi connectivity index (χ3v) is 3.59. The van der Waals surface area contributed by atoms with Gasteiger partial charge in [-0.15, -0.1) is 11.3 Å². The number of aromatic nitrogens is 1. The summed E-state index contributed by atoms with van der Waals surface area (Å²) in [5.74, 6) is -1.87. The summed E-state index contributed by atoms with van der Waals surface area (Å²) in [4.78, 5) is 38.5. The van der Waals surface area contributed by atoms with Crippen molar-refractivity contribution >= 4 is 51.4 Å². The lowest BCUT2D eigenvalue weighted by Crippen LogP contribution is -2.33. The maximum Gasteiger partial charge on any atom is 0.323 e. The fraction of sp³-hybridized carbons (Fsp3) is 0.111. The van der Waals surface area contributed by atoms with Crippen LogP contribution in [0.15, 0.2) is 10.3 Å². The molecule has 0 aromatic carbocycles. The minimum atomic E-state index is -1.24. The standard InChI is InChI=1S/C9H7N3O4S2/c10-8-11-4(3-17-8)1-5-7(15)12(2-6(13)14)9(16)18-5/h1,3H,2H2,(H2,10,11)(H,13,14)/b5-1-. The quantitative estimate of drug-likeness (QED) is 0.791. The van der Waals surface area contributed by atoms with Crippen molar-refractivity contribution in [3.05, 3.63) is 16.0 Å².